The molecule has 0 spiro atoms. The normalized spacial score (nSPS) is 13.7. The first-order valence-corrected chi connectivity index (χ1v) is 23.4. The van der Waals surface area contributed by atoms with Crippen molar-refractivity contribution in [1.29, 1.82) is 0 Å². The number of hydrogen-bond acceptors (Lipinski definition) is 16. The number of anilines is 9. The maximum absolute atomic E-state index is 13.9. The lowest BCUT2D eigenvalue weighted by molar-refractivity contribution is -0.138. The van der Waals surface area contributed by atoms with Gasteiger partial charge in [0.05, 0.1) is 109 Å². The lowest BCUT2D eigenvalue weighted by Crippen LogP contribution is -2.36. The Kier molecular flexibility index (Phi) is 17.1. The number of methoxy groups -OCH3 is 2. The maximum atomic E-state index is 13.9. The van der Waals surface area contributed by atoms with Gasteiger partial charge >= 0.3 is 12.4 Å². The molecule has 75 heavy (non-hydrogen) atoms. The van der Waals surface area contributed by atoms with Crippen LogP contribution >= 0.6 is 11.6 Å². The second kappa shape index (κ2) is 24.2. The molecule has 392 valence electrons. The van der Waals surface area contributed by atoms with Crippen LogP contribution in [-0.2, 0) is 21.8 Å². The minimum atomic E-state index is -4.62. The van der Waals surface area contributed by atoms with Crippen molar-refractivity contribution < 1.29 is 54.1 Å². The fourth-order valence-corrected chi connectivity index (χ4v) is 7.99. The number of nitrogens with two attached hydrogens (primary N) is 1. The molecule has 4 aromatic carbocycles. The molecular weight excluding hydrogens is 1010 g/mol. The molecule has 0 radical (unpaired) electrons. The Balaban J connectivity index is 0.000000166. The number of nitrogens with one attached hydrogen (secondary N) is 3. The van der Waals surface area contributed by atoms with Crippen LogP contribution in [0.15, 0.2) is 143 Å². The van der Waals surface area contributed by atoms with Crippen molar-refractivity contribution in [2.75, 3.05) is 98.3 Å². The summed E-state index contributed by atoms with van der Waals surface area (Å²) in [6.45, 7) is 6.24. The van der Waals surface area contributed by atoms with Gasteiger partial charge in [0.1, 0.15) is 35.0 Å². The summed E-state index contributed by atoms with van der Waals surface area (Å²) in [5.41, 5.74) is 8.78. The molecule has 0 saturated carbocycles. The molecule has 0 unspecified atom stereocenters. The number of aromatic nitrogens is 4. The highest BCUT2D eigenvalue weighted by Crippen LogP contribution is 2.41. The van der Waals surface area contributed by atoms with Crippen LogP contribution in [0.2, 0.25) is 5.15 Å². The summed E-state index contributed by atoms with van der Waals surface area (Å²) in [6, 6.07) is 27.5. The Morgan fingerprint density at radius 2 is 1.03 bits per heavy atom. The summed E-state index contributed by atoms with van der Waals surface area (Å²) >= 11 is 5.72. The molecule has 10 rings (SSSR count). The Hall–Kier alpha value is -8.21. The lowest BCUT2D eigenvalue weighted by atomic mass is 10.1. The van der Waals surface area contributed by atoms with Gasteiger partial charge in [-0.05, 0) is 54.6 Å². The number of hydrogen-bond donors (Lipinski definition) is 4. The number of benzene rings is 4. The minimum Gasteiger partial charge on any atom is -0.495 e. The molecule has 0 bridgehead atoms. The molecule has 0 amide bonds. The quantitative estimate of drug-likeness (QED) is 0.0514. The molecule has 2 saturated heterocycles. The molecule has 4 aromatic heterocycles. The second-order valence-electron chi connectivity index (χ2n) is 16.3. The number of morpholine rings is 2. The van der Waals surface area contributed by atoms with E-state index >= 15 is 0 Å². The van der Waals surface area contributed by atoms with Gasteiger partial charge in [-0.25, -0.2) is 19.9 Å². The summed E-state index contributed by atoms with van der Waals surface area (Å²) in [7, 11) is 3.17. The van der Waals surface area contributed by atoms with Gasteiger partial charge in [-0.15, -0.1) is 0 Å². The number of para-hydroxylation sites is 2. The zero-order chi connectivity index (χ0) is 53.0. The van der Waals surface area contributed by atoms with Gasteiger partial charge in [0, 0.05) is 68.1 Å². The highest BCUT2D eigenvalue weighted by Gasteiger charge is 2.36. The van der Waals surface area contributed by atoms with E-state index in [0.717, 1.165) is 68.8 Å². The highest BCUT2D eigenvalue weighted by molar-refractivity contribution is 6.29. The zero-order valence-corrected chi connectivity index (χ0v) is 41.0. The molecule has 2 aliphatic rings. The van der Waals surface area contributed by atoms with Gasteiger partial charge in [0.2, 0.25) is 11.8 Å². The molecule has 5 N–H and O–H groups in total. The zero-order valence-electron chi connectivity index (χ0n) is 40.2. The molecule has 16 nitrogen and oxygen atoms in total. The maximum Gasteiger partial charge on any atom is 0.419 e. The Morgan fingerprint density at radius 1 is 0.547 bits per heavy atom. The summed E-state index contributed by atoms with van der Waals surface area (Å²) in [5.74, 6) is 2.06. The molecule has 23 heteroatoms. The number of nitrogen functional groups attached to an aromatic ring is 1. The van der Waals surface area contributed by atoms with Gasteiger partial charge in [-0.3, -0.25) is 0 Å². The molecule has 0 aliphatic carbocycles. The number of pyridine rings is 2. The molecular formula is C52H49ClF6N10O6. The number of halogens is 7. The van der Waals surface area contributed by atoms with Crippen LogP contribution in [0.1, 0.15) is 11.1 Å². The van der Waals surface area contributed by atoms with Crippen LogP contribution in [0.4, 0.5) is 77.7 Å². The minimum absolute atomic E-state index is 0.0471. The van der Waals surface area contributed by atoms with Crippen molar-refractivity contribution in [3.8, 4) is 34.4 Å². The van der Waals surface area contributed by atoms with Crippen LogP contribution < -0.4 is 41.0 Å². The molecule has 0 atom stereocenters. The Morgan fingerprint density at radius 3 is 1.52 bits per heavy atom. The number of rotatable bonds is 12. The standard InChI is InChI=1S/C26H24F3N5O3.C15H9ClF3N3O.C11H16N2O2/c1-35-23-14-17(34-9-12-36-13-10-34)6-7-21(23)33-24-15-22(19(16-31-24)26(27,28)29)32-20-5-3-2-4-18(20)25-30-8-11-37-25;16-13-7-12(10(8-21-13)15(17,18)19)22-11-4-2-1-3-9(11)14-20-5-6-23-14;1-14-11-8-9(2-3-10(11)12)13-4-6-15-7-5-13/h2-8,11,14-16H,9-10,12-13H2,1H3,(H2,31,32,33);1-8H,(H,21,22);2-3,8H,4-7,12H2,1H3. The number of oxazole rings is 2. The van der Waals surface area contributed by atoms with Crippen molar-refractivity contribution in [1.82, 2.24) is 19.9 Å². The van der Waals surface area contributed by atoms with Crippen molar-refractivity contribution in [3.05, 3.63) is 151 Å². The average molecular weight is 1060 g/mol. The first-order chi connectivity index (χ1) is 36.2. The van der Waals surface area contributed by atoms with Crippen LogP contribution in [0.3, 0.4) is 0 Å². The summed E-state index contributed by atoms with van der Waals surface area (Å²) < 4.78 is 113. The third-order valence-electron chi connectivity index (χ3n) is 11.5. The van der Waals surface area contributed by atoms with E-state index in [-0.39, 0.29) is 28.2 Å². The van der Waals surface area contributed by atoms with Crippen LogP contribution in [0, 0.1) is 0 Å². The van der Waals surface area contributed by atoms with E-state index in [2.05, 4.69) is 45.7 Å². The van der Waals surface area contributed by atoms with Crippen molar-refractivity contribution in [3.63, 3.8) is 0 Å². The first kappa shape index (κ1) is 53.1. The summed E-state index contributed by atoms with van der Waals surface area (Å²) in [6.07, 6.45) is -1.97. The van der Waals surface area contributed by atoms with E-state index in [0.29, 0.717) is 64.9 Å². The van der Waals surface area contributed by atoms with Gasteiger partial charge in [-0.2, -0.15) is 26.3 Å². The monoisotopic (exact) mass is 1060 g/mol. The average Bonchev–Trinajstić information content (AvgIpc) is 4.17. The van der Waals surface area contributed by atoms with Crippen LogP contribution in [-0.4, -0.2) is 86.8 Å². The van der Waals surface area contributed by atoms with Crippen LogP contribution in [0.5, 0.6) is 11.5 Å². The lowest BCUT2D eigenvalue weighted by Gasteiger charge is -2.29. The molecule has 2 fully saturated rings. The van der Waals surface area contributed by atoms with Crippen molar-refractivity contribution in [2.24, 2.45) is 0 Å². The summed E-state index contributed by atoms with van der Waals surface area (Å²) in [4.78, 5) is 20.1. The van der Waals surface area contributed by atoms with Crippen molar-refractivity contribution >= 4 is 62.9 Å². The fourth-order valence-electron chi connectivity index (χ4n) is 7.83. The topological polar surface area (TPSA) is 183 Å². The van der Waals surface area contributed by atoms with Crippen LogP contribution in [0.25, 0.3) is 22.9 Å². The van der Waals surface area contributed by atoms with E-state index in [9.17, 15) is 26.3 Å². The van der Waals surface area contributed by atoms with E-state index in [1.165, 1.54) is 38.1 Å². The highest BCUT2D eigenvalue weighted by atomic mass is 35.5. The Bertz CT molecular complexity index is 3120. The number of ether oxygens (including phenoxy) is 4. The van der Waals surface area contributed by atoms with E-state index in [1.54, 1.807) is 55.6 Å². The van der Waals surface area contributed by atoms with Gasteiger partial charge < -0.3 is 59.3 Å². The molecule has 8 aromatic rings. The fraction of sp³-hybridized carbons (Fsp3) is 0.231. The van der Waals surface area contributed by atoms with Gasteiger partial charge in [-0.1, -0.05) is 35.9 Å². The van der Waals surface area contributed by atoms with Gasteiger partial charge in [0.15, 0.2) is 0 Å². The van der Waals surface area contributed by atoms with E-state index in [4.69, 9.17) is 45.1 Å². The second-order valence-corrected chi connectivity index (χ2v) is 16.7. The number of nitrogens with zero attached hydrogens (tertiary/aromatic N) is 6. The third kappa shape index (κ3) is 13.7. The first-order valence-electron chi connectivity index (χ1n) is 23.0. The van der Waals surface area contributed by atoms with E-state index in [1.807, 2.05) is 36.4 Å². The smallest absolute Gasteiger partial charge is 0.419 e. The number of alkyl halides is 6. The molecule has 2 aliphatic heterocycles. The van der Waals surface area contributed by atoms with Gasteiger partial charge in [0.25, 0.3) is 0 Å². The third-order valence-corrected chi connectivity index (χ3v) is 11.7. The SMILES string of the molecule is COc1cc(N2CCOCC2)ccc1N.COc1cc(N2CCOCC2)ccc1Nc1cc(Nc2ccccc2-c2ncco2)c(C(F)(F)F)cn1.FC(F)(F)c1cnc(Cl)cc1Nc1ccccc1-c1ncco1. The predicted octanol–water partition coefficient (Wildman–Crippen LogP) is 12.4. The summed E-state index contributed by atoms with van der Waals surface area (Å²) in [5, 5.41) is 8.66. The molecule has 6 heterocycles. The predicted molar refractivity (Wildman–Crippen MR) is 274 cm³/mol. The largest absolute Gasteiger partial charge is 0.495 e. The van der Waals surface area contributed by atoms with Crippen molar-refractivity contribution in [2.45, 2.75) is 12.4 Å². The Labute approximate surface area is 431 Å². The van der Waals surface area contributed by atoms with E-state index < -0.39 is 23.5 Å².